The molecule has 0 saturated carbocycles. The lowest BCUT2D eigenvalue weighted by Gasteiger charge is -2.10. The molecule has 14 aromatic rings. The smallest absolute Gasteiger partial charge is 0.236 e. The van der Waals surface area contributed by atoms with Crippen molar-refractivity contribution >= 4 is 98.4 Å². The van der Waals surface area contributed by atoms with E-state index < -0.39 is 0 Å². The Morgan fingerprint density at radius 1 is 0.339 bits per heavy atom. The summed E-state index contributed by atoms with van der Waals surface area (Å²) in [6.07, 6.45) is 1.94. The minimum atomic E-state index is 0.577. The Balaban J connectivity index is 1.06. The summed E-state index contributed by atoms with van der Waals surface area (Å²) in [6, 6.07) is 64.9. The van der Waals surface area contributed by atoms with Crippen LogP contribution in [0, 0.1) is 0 Å². The number of rotatable bonds is 4. The number of fused-ring (bicyclic) bond motifs is 15. The normalized spacial score (nSPS) is 12.3. The Morgan fingerprint density at radius 2 is 0.774 bits per heavy atom. The summed E-state index contributed by atoms with van der Waals surface area (Å²) in [4.78, 5) is 16.0. The average molecular weight is 795 g/mol. The van der Waals surface area contributed by atoms with Gasteiger partial charge < -0.3 is 13.7 Å². The summed E-state index contributed by atoms with van der Waals surface area (Å²) >= 11 is 0. The summed E-state index contributed by atoms with van der Waals surface area (Å²) in [5, 5.41) is 9.35. The molecule has 0 fully saturated rings. The fourth-order valence-electron chi connectivity index (χ4n) is 10.4. The van der Waals surface area contributed by atoms with Gasteiger partial charge in [0.25, 0.3) is 0 Å². The fraction of sp³-hybridized carbons (Fsp3) is 0.0185. The molecule has 0 amide bonds. The van der Waals surface area contributed by atoms with Crippen LogP contribution < -0.4 is 0 Å². The molecule has 0 atom stereocenters. The molecule has 0 aliphatic carbocycles. The first-order valence-electron chi connectivity index (χ1n) is 20.9. The molecule has 0 unspecified atom stereocenters. The molecule has 290 valence electrons. The Kier molecular flexibility index (Phi) is 6.61. The summed E-state index contributed by atoms with van der Waals surface area (Å²) in [5.41, 5.74) is 12.6. The van der Waals surface area contributed by atoms with E-state index in [-0.39, 0.29) is 0 Å². The summed E-state index contributed by atoms with van der Waals surface area (Å²) in [5.74, 6) is 1.35. The average Bonchev–Trinajstić information content (AvgIpc) is 4.12. The van der Waals surface area contributed by atoms with Crippen molar-refractivity contribution in [1.82, 2.24) is 37.8 Å². The molecule has 0 bridgehead atoms. The minimum absolute atomic E-state index is 0.577. The molecule has 8 heteroatoms. The van der Waals surface area contributed by atoms with Gasteiger partial charge in [-0.2, -0.15) is 9.97 Å². The first-order valence-corrected chi connectivity index (χ1v) is 20.9. The number of hydrogen-bond acceptors (Lipinski definition) is 3. The molecule has 0 saturated heterocycles. The van der Waals surface area contributed by atoms with E-state index in [0.717, 1.165) is 83.1 Å². The molecule has 6 heterocycles. The number of hydrogen-bond donors (Lipinski definition) is 0. The van der Waals surface area contributed by atoms with Crippen LogP contribution in [-0.4, -0.2) is 37.8 Å². The van der Waals surface area contributed by atoms with Crippen LogP contribution in [0.3, 0.4) is 0 Å². The van der Waals surface area contributed by atoms with Crippen molar-refractivity contribution in [2.24, 2.45) is 7.05 Å². The van der Waals surface area contributed by atoms with Crippen LogP contribution in [0.25, 0.3) is 122 Å². The number of aromatic nitrogens is 8. The third kappa shape index (κ3) is 4.32. The third-order valence-electron chi connectivity index (χ3n) is 13.0. The highest BCUT2D eigenvalue weighted by Gasteiger charge is 2.25. The predicted octanol–water partition coefficient (Wildman–Crippen LogP) is 12.8. The van der Waals surface area contributed by atoms with Crippen LogP contribution in [0.5, 0.6) is 0 Å². The Bertz CT molecular complexity index is 4160. The van der Waals surface area contributed by atoms with Crippen LogP contribution in [0.2, 0.25) is 0 Å². The first kappa shape index (κ1) is 33.4. The minimum Gasteiger partial charge on any atom is -0.310 e. The second-order valence-corrected chi connectivity index (χ2v) is 16.1. The van der Waals surface area contributed by atoms with Gasteiger partial charge in [0.2, 0.25) is 11.9 Å². The van der Waals surface area contributed by atoms with E-state index >= 15 is 0 Å². The maximum Gasteiger partial charge on any atom is 0.236 e. The van der Waals surface area contributed by atoms with Gasteiger partial charge in [-0.05, 0) is 60.7 Å². The van der Waals surface area contributed by atoms with Crippen molar-refractivity contribution in [3.05, 3.63) is 188 Å². The second-order valence-electron chi connectivity index (χ2n) is 16.1. The van der Waals surface area contributed by atoms with E-state index in [2.05, 4.69) is 212 Å². The highest BCUT2D eigenvalue weighted by Crippen LogP contribution is 2.44. The topological polar surface area (TPSA) is 63.3 Å². The van der Waals surface area contributed by atoms with Gasteiger partial charge in [-0.3, -0.25) is 9.13 Å². The highest BCUT2D eigenvalue weighted by molar-refractivity contribution is 6.27. The molecule has 0 aliphatic heterocycles. The largest absolute Gasteiger partial charge is 0.310 e. The molecule has 14 rings (SSSR count). The van der Waals surface area contributed by atoms with Crippen molar-refractivity contribution in [2.45, 2.75) is 0 Å². The lowest BCUT2D eigenvalue weighted by molar-refractivity contribution is 0.869. The summed E-state index contributed by atoms with van der Waals surface area (Å²) in [7, 11) is 2.07. The van der Waals surface area contributed by atoms with Crippen molar-refractivity contribution in [2.75, 3.05) is 0 Å². The van der Waals surface area contributed by atoms with Crippen molar-refractivity contribution in [3.63, 3.8) is 0 Å². The number of para-hydroxylation sites is 6. The number of nitrogens with zero attached hydrogens (tertiary/aromatic N) is 8. The van der Waals surface area contributed by atoms with E-state index in [1.54, 1.807) is 0 Å². The lowest BCUT2D eigenvalue weighted by Crippen LogP contribution is -2.03. The molecule has 8 nitrogen and oxygen atoms in total. The zero-order chi connectivity index (χ0) is 40.6. The van der Waals surface area contributed by atoms with Gasteiger partial charge in [-0.25, -0.2) is 4.98 Å². The van der Waals surface area contributed by atoms with E-state index in [4.69, 9.17) is 15.0 Å². The van der Waals surface area contributed by atoms with Crippen LogP contribution in [-0.2, 0) is 7.05 Å². The summed E-state index contributed by atoms with van der Waals surface area (Å²) < 4.78 is 11.4. The van der Waals surface area contributed by atoms with Crippen LogP contribution >= 0.6 is 0 Å². The van der Waals surface area contributed by atoms with Crippen LogP contribution in [0.1, 0.15) is 0 Å². The molecule has 8 aromatic carbocycles. The Morgan fingerprint density at radius 3 is 1.31 bits per heavy atom. The van der Waals surface area contributed by atoms with Gasteiger partial charge in [0, 0.05) is 61.5 Å². The Hall–Kier alpha value is -8.49. The zero-order valence-electron chi connectivity index (χ0n) is 33.5. The molecular formula is C54H34N8. The van der Waals surface area contributed by atoms with E-state index in [9.17, 15) is 0 Å². The SMILES string of the molecule is Cn1c(-n2c3ccccc3c3ccc4c(c5ccccc5n4-c4ccccc4)c32)nc2nc(-n3c4ccccc4c4ccc5c(c6ccccc6n5-c5ccccc5)c43)ncc21. The summed E-state index contributed by atoms with van der Waals surface area (Å²) in [6.45, 7) is 0. The van der Waals surface area contributed by atoms with Gasteiger partial charge in [0.05, 0.1) is 50.3 Å². The molecule has 0 aliphatic rings. The van der Waals surface area contributed by atoms with Crippen molar-refractivity contribution in [1.29, 1.82) is 0 Å². The van der Waals surface area contributed by atoms with Crippen molar-refractivity contribution < 1.29 is 0 Å². The fourth-order valence-corrected chi connectivity index (χ4v) is 10.4. The Labute approximate surface area is 353 Å². The maximum atomic E-state index is 5.44. The van der Waals surface area contributed by atoms with Crippen molar-refractivity contribution in [3.8, 4) is 23.3 Å². The first-order chi connectivity index (χ1) is 30.7. The number of benzene rings is 8. The molecule has 6 aromatic heterocycles. The highest BCUT2D eigenvalue weighted by atomic mass is 15.3. The van der Waals surface area contributed by atoms with Gasteiger partial charge in [-0.15, -0.1) is 0 Å². The lowest BCUT2D eigenvalue weighted by atomic mass is 10.1. The molecule has 62 heavy (non-hydrogen) atoms. The molecule has 0 N–H and O–H groups in total. The molecule has 0 spiro atoms. The van der Waals surface area contributed by atoms with E-state index in [1.807, 2.05) is 6.20 Å². The van der Waals surface area contributed by atoms with Gasteiger partial charge in [0.1, 0.15) is 5.52 Å². The standard InChI is InChI=1S/C54H34N8/c1-58-47-32-55-53(61-41-24-12-8-20-35(41)37-28-30-45-48(50(37)61)39-22-10-14-26-43(39)59(45)33-16-4-2-5-17-33)56-52(47)57-54(58)62-42-25-13-9-21-36(42)38-29-31-46-49(51(38)62)40-23-11-15-27-44(40)60(46)34-18-6-3-7-19-34/h2-32H,1H3. The monoisotopic (exact) mass is 794 g/mol. The molecular weight excluding hydrogens is 761 g/mol. The zero-order valence-corrected chi connectivity index (χ0v) is 33.5. The number of imidazole rings is 1. The third-order valence-corrected chi connectivity index (χ3v) is 13.0. The quantitative estimate of drug-likeness (QED) is 0.178. The predicted molar refractivity (Wildman–Crippen MR) is 254 cm³/mol. The van der Waals surface area contributed by atoms with E-state index in [1.165, 1.54) is 26.9 Å². The van der Waals surface area contributed by atoms with E-state index in [0.29, 0.717) is 11.6 Å². The number of aryl methyl sites for hydroxylation is 1. The van der Waals surface area contributed by atoms with Gasteiger partial charge in [0.15, 0.2) is 5.65 Å². The van der Waals surface area contributed by atoms with Gasteiger partial charge in [-0.1, -0.05) is 121 Å². The second kappa shape index (κ2) is 12.3. The maximum absolute atomic E-state index is 5.44. The van der Waals surface area contributed by atoms with Crippen LogP contribution in [0.15, 0.2) is 188 Å². The van der Waals surface area contributed by atoms with Crippen LogP contribution in [0.4, 0.5) is 0 Å². The molecule has 0 radical (unpaired) electrons. The van der Waals surface area contributed by atoms with Gasteiger partial charge >= 0.3 is 0 Å².